The molecule has 0 bridgehead atoms. The van der Waals surface area contributed by atoms with E-state index in [1.165, 1.54) is 5.56 Å². The van der Waals surface area contributed by atoms with E-state index < -0.39 is 0 Å². The third-order valence-corrected chi connectivity index (χ3v) is 6.88. The summed E-state index contributed by atoms with van der Waals surface area (Å²) in [5.41, 5.74) is 1.20. The lowest BCUT2D eigenvalue weighted by Crippen LogP contribution is -2.37. The number of hydrogen-bond acceptors (Lipinski definition) is 6. The van der Waals surface area contributed by atoms with Gasteiger partial charge in [0.25, 0.3) is 0 Å². The van der Waals surface area contributed by atoms with Crippen molar-refractivity contribution < 1.29 is 9.47 Å². The highest BCUT2D eigenvalue weighted by atomic mass is 16.8. The van der Waals surface area contributed by atoms with E-state index in [1.807, 2.05) is 0 Å². The number of hydrogen-bond donors (Lipinski definition) is 1. The summed E-state index contributed by atoms with van der Waals surface area (Å²) in [4.78, 5) is 2.63. The molecule has 0 amide bonds. The van der Waals surface area contributed by atoms with Gasteiger partial charge in [-0.2, -0.15) is 0 Å². The second kappa shape index (κ2) is 10.9. The molecule has 1 aromatic carbocycles. The van der Waals surface area contributed by atoms with Crippen LogP contribution in [-0.4, -0.2) is 64.0 Å². The second-order valence-electron chi connectivity index (χ2n) is 11.2. The summed E-state index contributed by atoms with van der Waals surface area (Å²) in [7, 11) is 0. The van der Waals surface area contributed by atoms with Crippen molar-refractivity contribution in [1.82, 2.24) is 25.0 Å². The van der Waals surface area contributed by atoms with Crippen molar-refractivity contribution in [1.29, 1.82) is 0 Å². The maximum atomic E-state index is 5.92. The molecule has 2 fully saturated rings. The third-order valence-electron chi connectivity index (χ3n) is 6.88. The monoisotopic (exact) mass is 469 g/mol. The number of rotatable bonds is 10. The zero-order chi connectivity index (χ0) is 24.3. The van der Waals surface area contributed by atoms with Crippen molar-refractivity contribution >= 4 is 0 Å². The molecular formula is C27H43N5O2. The van der Waals surface area contributed by atoms with E-state index in [1.54, 1.807) is 0 Å². The molecule has 0 saturated carbocycles. The first kappa shape index (κ1) is 25.3. The van der Waals surface area contributed by atoms with Crippen LogP contribution in [0.25, 0.3) is 0 Å². The number of ether oxygens (including phenoxy) is 2. The minimum Gasteiger partial charge on any atom is -0.343 e. The van der Waals surface area contributed by atoms with Crippen LogP contribution >= 0.6 is 0 Å². The Bertz CT molecular complexity index is 899. The van der Waals surface area contributed by atoms with Gasteiger partial charge in [-0.25, -0.2) is 0 Å². The average Bonchev–Trinajstić information content (AvgIpc) is 3.39. The van der Waals surface area contributed by atoms with Gasteiger partial charge < -0.3 is 18.9 Å². The molecule has 0 radical (unpaired) electrons. The van der Waals surface area contributed by atoms with Crippen LogP contribution in [-0.2, 0) is 9.47 Å². The van der Waals surface area contributed by atoms with Crippen LogP contribution < -0.4 is 5.32 Å². The highest BCUT2D eigenvalue weighted by molar-refractivity contribution is 5.20. The molecule has 7 heteroatoms. The van der Waals surface area contributed by atoms with Crippen LogP contribution in [0.1, 0.15) is 89.0 Å². The smallest absolute Gasteiger partial charge is 0.200 e. The Balaban J connectivity index is 1.28. The molecule has 2 aliphatic heterocycles. The summed E-state index contributed by atoms with van der Waals surface area (Å²) in [6, 6.07) is 11.4. The first-order chi connectivity index (χ1) is 16.2. The van der Waals surface area contributed by atoms with Gasteiger partial charge in [0.2, 0.25) is 0 Å². The van der Waals surface area contributed by atoms with Crippen LogP contribution in [0, 0.1) is 6.92 Å². The Hall–Kier alpha value is -1.80. The number of nitrogens with zero attached hydrogens (tertiary/aromatic N) is 4. The normalized spacial score (nSPS) is 22.9. The molecule has 0 spiro atoms. The summed E-state index contributed by atoms with van der Waals surface area (Å²) in [5.74, 6) is 3.03. The average molecular weight is 470 g/mol. The minimum absolute atomic E-state index is 0.00312. The molecule has 1 aromatic heterocycles. The van der Waals surface area contributed by atoms with Crippen molar-refractivity contribution in [3.8, 4) is 0 Å². The maximum Gasteiger partial charge on any atom is 0.200 e. The lowest BCUT2D eigenvalue weighted by atomic mass is 9.94. The molecule has 3 heterocycles. The lowest BCUT2D eigenvalue weighted by Gasteiger charge is -2.34. The maximum absolute atomic E-state index is 5.92. The quantitative estimate of drug-likeness (QED) is 0.513. The molecule has 2 aromatic rings. The number of nitrogens with one attached hydrogen (secondary N) is 1. The van der Waals surface area contributed by atoms with Crippen molar-refractivity contribution in [2.75, 3.05) is 26.2 Å². The van der Waals surface area contributed by atoms with E-state index in [-0.39, 0.29) is 18.1 Å². The Kier molecular flexibility index (Phi) is 8.08. The molecule has 34 heavy (non-hydrogen) atoms. The lowest BCUT2D eigenvalue weighted by molar-refractivity contribution is -0.0571. The Morgan fingerprint density at radius 1 is 1.12 bits per heavy atom. The van der Waals surface area contributed by atoms with Crippen LogP contribution in [0.2, 0.25) is 0 Å². The summed E-state index contributed by atoms with van der Waals surface area (Å²) in [6.45, 7) is 17.0. The highest BCUT2D eigenvalue weighted by Gasteiger charge is 2.42. The fraction of sp³-hybridized carbons (Fsp3) is 0.704. The first-order valence-electron chi connectivity index (χ1n) is 13.0. The zero-order valence-electron chi connectivity index (χ0n) is 21.8. The summed E-state index contributed by atoms with van der Waals surface area (Å²) in [6.07, 6.45) is 3.32. The highest BCUT2D eigenvalue weighted by Crippen LogP contribution is 2.30. The Morgan fingerprint density at radius 3 is 2.47 bits per heavy atom. The number of piperidine rings is 1. The molecule has 1 N–H and O–H groups in total. The van der Waals surface area contributed by atoms with Gasteiger partial charge in [-0.1, -0.05) is 44.2 Å². The predicted molar refractivity (Wildman–Crippen MR) is 135 cm³/mol. The van der Waals surface area contributed by atoms with E-state index in [0.717, 1.165) is 57.1 Å². The molecule has 7 nitrogen and oxygen atoms in total. The molecule has 188 valence electrons. The van der Waals surface area contributed by atoms with Crippen LogP contribution in [0.5, 0.6) is 0 Å². The Labute approximate surface area is 205 Å². The van der Waals surface area contributed by atoms with Gasteiger partial charge >= 0.3 is 0 Å². The standard InChI is InChI=1S/C27H43N5O2/c1-19(2)24-30-29-20(3)32(24)23-13-16-31(17-14-23)15-12-22(21-10-8-7-9-11-21)18-28-25-26(33-25)34-27(4,5)6/h7-11,19,22-23,25-26,28H,12-18H2,1-6H3/t22-,25?,26?/m1/s1. The van der Waals surface area contributed by atoms with Crippen molar-refractivity contribution in [2.45, 2.75) is 96.8 Å². The van der Waals surface area contributed by atoms with Crippen molar-refractivity contribution in [3.05, 3.63) is 47.5 Å². The predicted octanol–water partition coefficient (Wildman–Crippen LogP) is 4.61. The number of epoxide rings is 1. The molecule has 0 aliphatic carbocycles. The summed E-state index contributed by atoms with van der Waals surface area (Å²) in [5, 5.41) is 12.4. The number of aryl methyl sites for hydroxylation is 1. The molecule has 2 saturated heterocycles. The number of benzene rings is 1. The molecular weight excluding hydrogens is 426 g/mol. The summed E-state index contributed by atoms with van der Waals surface area (Å²) < 4.78 is 14.0. The van der Waals surface area contributed by atoms with Crippen molar-refractivity contribution in [2.24, 2.45) is 0 Å². The molecule has 4 rings (SSSR count). The van der Waals surface area contributed by atoms with E-state index in [4.69, 9.17) is 9.47 Å². The van der Waals surface area contributed by atoms with Crippen LogP contribution in [0.15, 0.2) is 30.3 Å². The van der Waals surface area contributed by atoms with Gasteiger partial charge in [0, 0.05) is 31.6 Å². The first-order valence-corrected chi connectivity index (χ1v) is 13.0. The van der Waals surface area contributed by atoms with Gasteiger partial charge in [0.05, 0.1) is 5.60 Å². The number of likely N-dealkylation sites (tertiary alicyclic amines) is 1. The van der Waals surface area contributed by atoms with Gasteiger partial charge in [-0.15, -0.1) is 10.2 Å². The SMILES string of the molecule is Cc1nnc(C(C)C)n1C1CCN(CC[C@H](CNC2OC2OC(C)(C)C)c2ccccc2)CC1. The van der Waals surface area contributed by atoms with E-state index in [9.17, 15) is 0 Å². The zero-order valence-corrected chi connectivity index (χ0v) is 21.8. The molecule has 2 unspecified atom stereocenters. The molecule has 2 aliphatic rings. The van der Waals surface area contributed by atoms with Crippen LogP contribution in [0.4, 0.5) is 0 Å². The van der Waals surface area contributed by atoms with Gasteiger partial charge in [0.15, 0.2) is 12.5 Å². The Morgan fingerprint density at radius 2 is 1.82 bits per heavy atom. The van der Waals surface area contributed by atoms with Crippen molar-refractivity contribution in [3.63, 3.8) is 0 Å². The topological polar surface area (TPSA) is 67.7 Å². The fourth-order valence-electron chi connectivity index (χ4n) is 5.02. The van der Waals surface area contributed by atoms with E-state index in [2.05, 4.69) is 96.9 Å². The number of aromatic nitrogens is 3. The third kappa shape index (κ3) is 6.66. The second-order valence-corrected chi connectivity index (χ2v) is 11.2. The minimum atomic E-state index is -0.187. The summed E-state index contributed by atoms with van der Waals surface area (Å²) >= 11 is 0. The fourth-order valence-corrected chi connectivity index (χ4v) is 5.02. The van der Waals surface area contributed by atoms with Crippen LogP contribution in [0.3, 0.4) is 0 Å². The van der Waals surface area contributed by atoms with Gasteiger partial charge in [0.1, 0.15) is 11.6 Å². The molecule has 3 atom stereocenters. The van der Waals surface area contributed by atoms with E-state index in [0.29, 0.717) is 17.9 Å². The van der Waals surface area contributed by atoms with Gasteiger partial charge in [-0.3, -0.25) is 5.32 Å². The van der Waals surface area contributed by atoms with Gasteiger partial charge in [-0.05, 0) is 65.0 Å². The van der Waals surface area contributed by atoms with E-state index >= 15 is 0 Å². The largest absolute Gasteiger partial charge is 0.343 e.